The van der Waals surface area contributed by atoms with Crippen molar-refractivity contribution in [2.75, 3.05) is 0 Å². The lowest BCUT2D eigenvalue weighted by molar-refractivity contribution is -0.380. The van der Waals surface area contributed by atoms with Crippen LogP contribution in [0.1, 0.15) is 18.1 Å². The van der Waals surface area contributed by atoms with Crippen molar-refractivity contribution in [3.8, 4) is 0 Å². The van der Waals surface area contributed by atoms with Crippen molar-refractivity contribution < 1.29 is 13.6 Å². The second kappa shape index (κ2) is 7.16. The maximum atomic E-state index is 12.4. The average Bonchev–Trinajstić information content (AvgIpc) is 2.97. The highest BCUT2D eigenvalue weighted by molar-refractivity contribution is 7.88. The largest absolute Gasteiger partial charge is 0.361 e. The molecule has 0 fully saturated rings. The van der Waals surface area contributed by atoms with Crippen LogP contribution in [0.5, 0.6) is 0 Å². The van der Waals surface area contributed by atoms with Crippen molar-refractivity contribution in [1.82, 2.24) is 9.71 Å². The first-order valence-electron chi connectivity index (χ1n) is 7.99. The molecule has 0 aliphatic carbocycles. The molecule has 0 saturated carbocycles. The predicted octanol–water partition coefficient (Wildman–Crippen LogP) is 1.70. The number of H-pyrrole nitrogens is 1. The van der Waals surface area contributed by atoms with Crippen molar-refractivity contribution in [1.29, 1.82) is 0 Å². The molecule has 0 spiro atoms. The van der Waals surface area contributed by atoms with Crippen LogP contribution in [-0.4, -0.2) is 19.4 Å². The maximum Gasteiger partial charge on any atom is 0.257 e. The molecule has 3 aromatic rings. The van der Waals surface area contributed by atoms with Gasteiger partial charge in [-0.3, -0.25) is 0 Å². The standard InChI is InChI=1S/C18H19N3O3S/c1-13(10-15-11-19-18-9-5-3-7-16(15)18)21-25(23,24)12-14-6-2-4-8-17(14)20-22/h2-9,11,13,19,21H,10,12H2,1H3/p+1. The van der Waals surface area contributed by atoms with Gasteiger partial charge in [0.15, 0.2) is 0 Å². The minimum Gasteiger partial charge on any atom is -0.361 e. The SMILES string of the molecule is CC(Cc1c[nH]c2ccccc12)NS(=O)(=O)Cc1ccccc1[NH+]=O. The number of nitroso groups, excluding NO2 is 1. The molecular formula is C18H20N3O3S+. The van der Waals surface area contributed by atoms with Gasteiger partial charge in [-0.25, -0.2) is 13.1 Å². The molecule has 2 aromatic carbocycles. The van der Waals surface area contributed by atoms with Gasteiger partial charge in [0, 0.05) is 44.9 Å². The zero-order chi connectivity index (χ0) is 17.9. The molecule has 1 unspecified atom stereocenters. The van der Waals surface area contributed by atoms with E-state index in [1.807, 2.05) is 37.4 Å². The van der Waals surface area contributed by atoms with Crippen LogP contribution in [0.2, 0.25) is 0 Å². The van der Waals surface area contributed by atoms with Crippen molar-refractivity contribution in [3.05, 3.63) is 70.8 Å². The number of sulfonamides is 1. The number of nitrogens with one attached hydrogen (secondary N) is 3. The number of para-hydroxylation sites is 2. The molecule has 1 atom stereocenters. The molecule has 1 heterocycles. The van der Waals surface area contributed by atoms with Crippen LogP contribution in [0, 0.1) is 4.91 Å². The van der Waals surface area contributed by atoms with E-state index in [9.17, 15) is 13.3 Å². The molecule has 6 nitrogen and oxygen atoms in total. The Morgan fingerprint density at radius 2 is 1.80 bits per heavy atom. The minimum atomic E-state index is -3.56. The smallest absolute Gasteiger partial charge is 0.257 e. The highest BCUT2D eigenvalue weighted by atomic mass is 32.2. The van der Waals surface area contributed by atoms with Gasteiger partial charge in [0.1, 0.15) is 0 Å². The fraction of sp³-hybridized carbons (Fsp3) is 0.222. The van der Waals surface area contributed by atoms with Crippen LogP contribution in [0.3, 0.4) is 0 Å². The summed E-state index contributed by atoms with van der Waals surface area (Å²) < 4.78 is 27.5. The van der Waals surface area contributed by atoms with Crippen LogP contribution in [0.4, 0.5) is 5.69 Å². The summed E-state index contributed by atoms with van der Waals surface area (Å²) >= 11 is 0. The van der Waals surface area contributed by atoms with Crippen LogP contribution in [-0.2, 0) is 22.2 Å². The van der Waals surface area contributed by atoms with Crippen molar-refractivity contribution in [3.63, 3.8) is 0 Å². The molecule has 0 amide bonds. The van der Waals surface area contributed by atoms with Crippen molar-refractivity contribution in [2.24, 2.45) is 0 Å². The number of aromatic amines is 1. The van der Waals surface area contributed by atoms with E-state index < -0.39 is 10.0 Å². The lowest BCUT2D eigenvalue weighted by atomic mass is 10.1. The summed E-state index contributed by atoms with van der Waals surface area (Å²) in [5, 5.41) is 2.87. The van der Waals surface area contributed by atoms with Crippen LogP contribution >= 0.6 is 0 Å². The Morgan fingerprint density at radius 3 is 2.60 bits per heavy atom. The second-order valence-electron chi connectivity index (χ2n) is 6.10. The molecule has 0 saturated heterocycles. The summed E-state index contributed by atoms with van der Waals surface area (Å²) in [6.45, 7) is 1.83. The summed E-state index contributed by atoms with van der Waals surface area (Å²) in [5.74, 6) is -0.239. The molecule has 0 aliphatic rings. The number of hydrogen-bond acceptors (Lipinski definition) is 3. The maximum absolute atomic E-state index is 12.4. The topological polar surface area (TPSA) is 93.0 Å². The van der Waals surface area contributed by atoms with Gasteiger partial charge in [0.25, 0.3) is 5.69 Å². The van der Waals surface area contributed by atoms with Gasteiger partial charge < -0.3 is 4.98 Å². The fourth-order valence-electron chi connectivity index (χ4n) is 2.97. The summed E-state index contributed by atoms with van der Waals surface area (Å²) in [5.41, 5.74) is 2.82. The molecule has 0 aliphatic heterocycles. The lowest BCUT2D eigenvalue weighted by Gasteiger charge is -2.14. The van der Waals surface area contributed by atoms with Gasteiger partial charge in [-0.05, 0) is 25.0 Å². The van der Waals surface area contributed by atoms with Gasteiger partial charge in [0.05, 0.1) is 5.75 Å². The zero-order valence-electron chi connectivity index (χ0n) is 13.8. The normalized spacial score (nSPS) is 13.0. The Balaban J connectivity index is 1.71. The third kappa shape index (κ3) is 4.12. The third-order valence-corrected chi connectivity index (χ3v) is 5.51. The lowest BCUT2D eigenvalue weighted by Crippen LogP contribution is -2.56. The monoisotopic (exact) mass is 358 g/mol. The van der Waals surface area contributed by atoms with Gasteiger partial charge in [0.2, 0.25) is 10.0 Å². The van der Waals surface area contributed by atoms with E-state index in [4.69, 9.17) is 0 Å². The Kier molecular flexibility index (Phi) is 4.96. The van der Waals surface area contributed by atoms with Crippen LogP contribution in [0.25, 0.3) is 10.9 Å². The number of fused-ring (bicyclic) bond motifs is 1. The van der Waals surface area contributed by atoms with Gasteiger partial charge in [-0.15, -0.1) is 0 Å². The summed E-state index contributed by atoms with van der Waals surface area (Å²) in [7, 11) is -3.56. The first-order valence-corrected chi connectivity index (χ1v) is 9.65. The van der Waals surface area contributed by atoms with Crippen LogP contribution in [0.15, 0.2) is 54.7 Å². The summed E-state index contributed by atoms with van der Waals surface area (Å²) in [6.07, 6.45) is 2.48. The first-order chi connectivity index (χ1) is 12.0. The first kappa shape index (κ1) is 17.3. The van der Waals surface area contributed by atoms with E-state index in [-0.39, 0.29) is 17.5 Å². The van der Waals surface area contributed by atoms with E-state index in [1.165, 1.54) is 0 Å². The molecule has 130 valence electrons. The highest BCUT2D eigenvalue weighted by Gasteiger charge is 2.20. The Morgan fingerprint density at radius 1 is 1.08 bits per heavy atom. The van der Waals surface area contributed by atoms with E-state index in [2.05, 4.69) is 9.71 Å². The quantitative estimate of drug-likeness (QED) is 0.600. The summed E-state index contributed by atoms with van der Waals surface area (Å²) in [4.78, 5) is 14.1. The molecule has 3 N–H and O–H groups in total. The van der Waals surface area contributed by atoms with E-state index in [0.717, 1.165) is 16.5 Å². The van der Waals surface area contributed by atoms with Gasteiger partial charge in [-0.1, -0.05) is 36.4 Å². The molecule has 0 radical (unpaired) electrons. The van der Waals surface area contributed by atoms with E-state index in [1.54, 1.807) is 29.4 Å². The van der Waals surface area contributed by atoms with Gasteiger partial charge in [-0.2, -0.15) is 0 Å². The third-order valence-electron chi connectivity index (χ3n) is 4.05. The summed E-state index contributed by atoms with van der Waals surface area (Å²) in [6, 6.07) is 14.2. The second-order valence-corrected chi connectivity index (χ2v) is 7.85. The van der Waals surface area contributed by atoms with Crippen LogP contribution < -0.4 is 9.90 Å². The van der Waals surface area contributed by atoms with E-state index >= 15 is 0 Å². The molecular weight excluding hydrogens is 338 g/mol. The number of aromatic nitrogens is 1. The minimum absolute atomic E-state index is 0.239. The molecule has 7 heteroatoms. The molecule has 0 bridgehead atoms. The van der Waals surface area contributed by atoms with Crippen molar-refractivity contribution in [2.45, 2.75) is 25.1 Å². The average molecular weight is 358 g/mol. The molecule has 1 aromatic heterocycles. The predicted molar refractivity (Wildman–Crippen MR) is 97.7 cm³/mol. The fourth-order valence-corrected chi connectivity index (χ4v) is 4.41. The van der Waals surface area contributed by atoms with Gasteiger partial charge >= 0.3 is 0 Å². The van der Waals surface area contributed by atoms with E-state index in [0.29, 0.717) is 12.0 Å². The Bertz CT molecular complexity index is 995. The number of benzene rings is 2. The Hall–Kier alpha value is -2.51. The Labute approximate surface area is 146 Å². The molecule has 25 heavy (non-hydrogen) atoms. The number of hydrogen-bond donors (Lipinski definition) is 3. The zero-order valence-corrected chi connectivity index (χ0v) is 14.6. The molecule has 3 rings (SSSR count). The highest BCUT2D eigenvalue weighted by Crippen LogP contribution is 2.19. The number of rotatable bonds is 7. The van der Waals surface area contributed by atoms with Crippen molar-refractivity contribution >= 4 is 26.6 Å².